The Morgan fingerprint density at radius 2 is 1.95 bits per heavy atom. The number of nitrogens with one attached hydrogen (secondary N) is 1. The van der Waals surface area contributed by atoms with Crippen molar-refractivity contribution in [1.82, 2.24) is 14.9 Å². The Morgan fingerprint density at radius 3 is 2.68 bits per heavy atom. The molecule has 3 rings (SSSR count). The Labute approximate surface area is 137 Å². The Hall–Kier alpha value is -1.20. The SMILES string of the molecule is CC(C)(C)c1nc(NCCN2CCCCC2)nc2ccsc12. The third-order valence-electron chi connectivity index (χ3n) is 4.17. The normalized spacial score (nSPS) is 17.0. The second-order valence-corrected chi connectivity index (χ2v) is 8.03. The Kier molecular flexibility index (Phi) is 4.64. The molecule has 0 aromatic carbocycles. The van der Waals surface area contributed by atoms with Gasteiger partial charge in [0.15, 0.2) is 0 Å². The maximum Gasteiger partial charge on any atom is 0.223 e. The number of hydrogen-bond acceptors (Lipinski definition) is 5. The van der Waals surface area contributed by atoms with E-state index in [1.807, 2.05) is 0 Å². The van der Waals surface area contributed by atoms with Crippen LogP contribution in [0.4, 0.5) is 5.95 Å². The Bertz CT molecular complexity index is 623. The number of thiophene rings is 1. The van der Waals surface area contributed by atoms with E-state index < -0.39 is 0 Å². The summed E-state index contributed by atoms with van der Waals surface area (Å²) in [7, 11) is 0. The van der Waals surface area contributed by atoms with Gasteiger partial charge in [-0.25, -0.2) is 9.97 Å². The lowest BCUT2D eigenvalue weighted by atomic mass is 9.92. The van der Waals surface area contributed by atoms with Crippen LogP contribution in [-0.4, -0.2) is 41.0 Å². The molecule has 1 N–H and O–H groups in total. The predicted octanol–water partition coefficient (Wildman–Crippen LogP) is 3.89. The molecular formula is C17H26N4S. The van der Waals surface area contributed by atoms with Crippen molar-refractivity contribution in [3.05, 3.63) is 17.1 Å². The molecule has 1 aliphatic heterocycles. The van der Waals surface area contributed by atoms with Crippen molar-refractivity contribution < 1.29 is 0 Å². The highest BCUT2D eigenvalue weighted by Crippen LogP contribution is 2.31. The van der Waals surface area contributed by atoms with Gasteiger partial charge in [-0.2, -0.15) is 0 Å². The molecule has 2 aromatic rings. The minimum absolute atomic E-state index is 0.0370. The molecule has 0 radical (unpaired) electrons. The van der Waals surface area contributed by atoms with Gasteiger partial charge in [-0.15, -0.1) is 11.3 Å². The molecule has 2 aromatic heterocycles. The summed E-state index contributed by atoms with van der Waals surface area (Å²) in [4.78, 5) is 12.0. The number of rotatable bonds is 4. The minimum atomic E-state index is 0.0370. The standard InChI is InChI=1S/C17H26N4S/c1-17(2,3)15-14-13(7-12-22-14)19-16(20-15)18-8-11-21-9-5-4-6-10-21/h7,12H,4-6,8-11H2,1-3H3,(H,18,19,20). The summed E-state index contributed by atoms with van der Waals surface area (Å²) in [5.74, 6) is 0.771. The quantitative estimate of drug-likeness (QED) is 0.928. The predicted molar refractivity (Wildman–Crippen MR) is 94.9 cm³/mol. The van der Waals surface area contributed by atoms with E-state index in [2.05, 4.69) is 47.4 Å². The molecule has 5 heteroatoms. The first-order valence-corrected chi connectivity index (χ1v) is 9.14. The molecule has 0 bridgehead atoms. The van der Waals surface area contributed by atoms with E-state index in [0.29, 0.717) is 0 Å². The summed E-state index contributed by atoms with van der Waals surface area (Å²) in [5, 5.41) is 5.53. The molecule has 22 heavy (non-hydrogen) atoms. The van der Waals surface area contributed by atoms with Gasteiger partial charge in [-0.3, -0.25) is 0 Å². The smallest absolute Gasteiger partial charge is 0.223 e. The minimum Gasteiger partial charge on any atom is -0.353 e. The lowest BCUT2D eigenvalue weighted by Gasteiger charge is -2.26. The van der Waals surface area contributed by atoms with Crippen LogP contribution in [-0.2, 0) is 5.41 Å². The zero-order valence-electron chi connectivity index (χ0n) is 13.9. The van der Waals surface area contributed by atoms with Crippen LogP contribution in [0.1, 0.15) is 45.7 Å². The van der Waals surface area contributed by atoms with Crippen LogP contribution in [0.3, 0.4) is 0 Å². The van der Waals surface area contributed by atoms with Gasteiger partial charge in [0.25, 0.3) is 0 Å². The van der Waals surface area contributed by atoms with Gasteiger partial charge in [-0.05, 0) is 37.4 Å². The van der Waals surface area contributed by atoms with Crippen LogP contribution in [0.25, 0.3) is 10.2 Å². The van der Waals surface area contributed by atoms with Crippen molar-refractivity contribution in [3.63, 3.8) is 0 Å². The number of nitrogens with zero attached hydrogens (tertiary/aromatic N) is 3. The second kappa shape index (κ2) is 6.50. The van der Waals surface area contributed by atoms with Crippen LogP contribution >= 0.6 is 11.3 Å². The third-order valence-corrected chi connectivity index (χ3v) is 5.08. The first kappa shape index (κ1) is 15.7. The van der Waals surface area contributed by atoms with E-state index >= 15 is 0 Å². The van der Waals surface area contributed by atoms with E-state index in [1.165, 1.54) is 37.1 Å². The van der Waals surface area contributed by atoms with Crippen molar-refractivity contribution in [3.8, 4) is 0 Å². The fourth-order valence-corrected chi connectivity index (χ4v) is 3.99. The fraction of sp³-hybridized carbons (Fsp3) is 0.647. The monoisotopic (exact) mass is 318 g/mol. The van der Waals surface area contributed by atoms with Gasteiger partial charge in [0.1, 0.15) is 0 Å². The topological polar surface area (TPSA) is 41.1 Å². The number of anilines is 1. The van der Waals surface area contributed by atoms with Gasteiger partial charge >= 0.3 is 0 Å². The van der Waals surface area contributed by atoms with Crippen LogP contribution in [0.5, 0.6) is 0 Å². The van der Waals surface area contributed by atoms with Crippen LogP contribution in [0, 0.1) is 0 Å². The molecule has 1 fully saturated rings. The zero-order valence-corrected chi connectivity index (χ0v) is 14.7. The molecular weight excluding hydrogens is 292 g/mol. The fourth-order valence-electron chi connectivity index (χ4n) is 2.96. The van der Waals surface area contributed by atoms with E-state index in [0.717, 1.165) is 30.2 Å². The molecule has 3 heterocycles. The molecule has 0 unspecified atom stereocenters. The highest BCUT2D eigenvalue weighted by molar-refractivity contribution is 7.17. The van der Waals surface area contributed by atoms with Crippen molar-refractivity contribution in [2.24, 2.45) is 0 Å². The summed E-state index contributed by atoms with van der Waals surface area (Å²) >= 11 is 1.74. The average molecular weight is 318 g/mol. The molecule has 1 aliphatic rings. The molecule has 0 aliphatic carbocycles. The molecule has 0 atom stereocenters. The van der Waals surface area contributed by atoms with Crippen LogP contribution < -0.4 is 5.32 Å². The molecule has 4 nitrogen and oxygen atoms in total. The number of hydrogen-bond donors (Lipinski definition) is 1. The first-order chi connectivity index (χ1) is 10.5. The van der Waals surface area contributed by atoms with Gasteiger partial charge in [0.05, 0.1) is 15.9 Å². The molecule has 1 saturated heterocycles. The van der Waals surface area contributed by atoms with Gasteiger partial charge in [-0.1, -0.05) is 27.2 Å². The summed E-state index contributed by atoms with van der Waals surface area (Å²) in [6, 6.07) is 2.09. The van der Waals surface area contributed by atoms with E-state index in [1.54, 1.807) is 11.3 Å². The first-order valence-electron chi connectivity index (χ1n) is 8.26. The average Bonchev–Trinajstić information content (AvgIpc) is 2.94. The van der Waals surface area contributed by atoms with Crippen molar-refractivity contribution in [2.45, 2.75) is 45.4 Å². The van der Waals surface area contributed by atoms with E-state index in [4.69, 9.17) is 4.98 Å². The Balaban J connectivity index is 1.70. The number of piperidine rings is 1. The van der Waals surface area contributed by atoms with Gasteiger partial charge in [0, 0.05) is 18.5 Å². The van der Waals surface area contributed by atoms with Crippen molar-refractivity contribution in [2.75, 3.05) is 31.5 Å². The molecule has 0 spiro atoms. The van der Waals surface area contributed by atoms with Gasteiger partial charge in [0.2, 0.25) is 5.95 Å². The maximum absolute atomic E-state index is 4.80. The number of likely N-dealkylation sites (tertiary alicyclic amines) is 1. The highest BCUT2D eigenvalue weighted by atomic mass is 32.1. The number of aromatic nitrogens is 2. The van der Waals surface area contributed by atoms with E-state index in [9.17, 15) is 0 Å². The lowest BCUT2D eigenvalue weighted by molar-refractivity contribution is 0.237. The molecule has 120 valence electrons. The lowest BCUT2D eigenvalue weighted by Crippen LogP contribution is -2.34. The van der Waals surface area contributed by atoms with E-state index in [-0.39, 0.29) is 5.41 Å². The largest absolute Gasteiger partial charge is 0.353 e. The second-order valence-electron chi connectivity index (χ2n) is 7.11. The highest BCUT2D eigenvalue weighted by Gasteiger charge is 2.21. The number of fused-ring (bicyclic) bond motifs is 1. The van der Waals surface area contributed by atoms with Crippen molar-refractivity contribution >= 4 is 27.5 Å². The summed E-state index contributed by atoms with van der Waals surface area (Å²) in [5.41, 5.74) is 2.24. The van der Waals surface area contributed by atoms with Crippen molar-refractivity contribution in [1.29, 1.82) is 0 Å². The Morgan fingerprint density at radius 1 is 1.18 bits per heavy atom. The van der Waals surface area contributed by atoms with Crippen LogP contribution in [0.15, 0.2) is 11.4 Å². The summed E-state index contributed by atoms with van der Waals surface area (Å²) < 4.78 is 1.22. The third kappa shape index (κ3) is 3.58. The zero-order chi connectivity index (χ0) is 15.6. The molecule has 0 amide bonds. The summed E-state index contributed by atoms with van der Waals surface area (Å²) in [6.45, 7) is 11.1. The van der Waals surface area contributed by atoms with Gasteiger partial charge < -0.3 is 10.2 Å². The summed E-state index contributed by atoms with van der Waals surface area (Å²) in [6.07, 6.45) is 4.06. The maximum atomic E-state index is 4.80. The molecule has 0 saturated carbocycles. The van der Waals surface area contributed by atoms with Crippen LogP contribution in [0.2, 0.25) is 0 Å².